The molecule has 0 aliphatic rings. The minimum Gasteiger partial charge on any atom is -1.00 e. The van der Waals surface area contributed by atoms with Gasteiger partial charge in [-0.25, -0.2) is 4.79 Å². The van der Waals surface area contributed by atoms with Gasteiger partial charge in [0.2, 0.25) is 6.54 Å². The Morgan fingerprint density at radius 3 is 1.64 bits per heavy atom. The van der Waals surface area contributed by atoms with Crippen molar-refractivity contribution in [3.05, 3.63) is 115 Å². The van der Waals surface area contributed by atoms with Gasteiger partial charge < -0.3 is 21.7 Å². The van der Waals surface area contributed by atoms with Crippen molar-refractivity contribution in [3.63, 3.8) is 0 Å². The quantitative estimate of drug-likeness (QED) is 0.139. The van der Waals surface area contributed by atoms with Crippen LogP contribution in [0.3, 0.4) is 0 Å². The summed E-state index contributed by atoms with van der Waals surface area (Å²) < 4.78 is 7.05. The maximum absolute atomic E-state index is 12.0. The Labute approximate surface area is 207 Å². The average Bonchev–Trinajstić information content (AvgIpc) is 2.83. The molecule has 0 unspecified atom stereocenters. The minimum atomic E-state index is -2.55. The molecule has 4 rings (SSSR count). The highest BCUT2D eigenvalue weighted by Gasteiger charge is 2.42. The maximum atomic E-state index is 12.0. The first kappa shape index (κ1) is 24.6. The molecule has 0 saturated heterocycles. The van der Waals surface area contributed by atoms with E-state index in [1.807, 2.05) is 17.7 Å². The van der Waals surface area contributed by atoms with Gasteiger partial charge in [-0.1, -0.05) is 91.0 Å². The molecule has 0 saturated carbocycles. The molecule has 0 N–H and O–H groups in total. The van der Waals surface area contributed by atoms with Gasteiger partial charge in [-0.3, -0.25) is 0 Å². The summed E-state index contributed by atoms with van der Waals surface area (Å²) in [6.07, 6.45) is 4.08. The first-order valence-electron chi connectivity index (χ1n) is 11.0. The second-order valence-corrected chi connectivity index (χ2v) is 11.6. The number of pyridine rings is 1. The van der Waals surface area contributed by atoms with Crippen molar-refractivity contribution in [2.45, 2.75) is 20.4 Å². The zero-order valence-corrected chi connectivity index (χ0v) is 21.5. The lowest BCUT2D eigenvalue weighted by Crippen LogP contribution is -3.00. The van der Waals surface area contributed by atoms with Crippen molar-refractivity contribution in [2.24, 2.45) is 0 Å². The Bertz CT molecular complexity index is 1090. The van der Waals surface area contributed by atoms with Crippen molar-refractivity contribution >= 4 is 34.8 Å². The monoisotopic (exact) mass is 517 g/mol. The van der Waals surface area contributed by atoms with Crippen LogP contribution in [0.2, 0.25) is 0 Å². The van der Waals surface area contributed by atoms with E-state index in [4.69, 9.17) is 4.74 Å². The van der Waals surface area contributed by atoms with E-state index in [-0.39, 0.29) is 29.5 Å². The summed E-state index contributed by atoms with van der Waals surface area (Å²) in [5, 5.41) is 5.33. The van der Waals surface area contributed by atoms with Gasteiger partial charge in [-0.15, -0.1) is 0 Å². The molecule has 3 aromatic carbocycles. The fraction of sp³-hybridized carbons (Fsp3) is 0.143. The van der Waals surface area contributed by atoms with Gasteiger partial charge in [0.15, 0.2) is 20.5 Å². The van der Waals surface area contributed by atoms with Crippen molar-refractivity contribution in [1.82, 2.24) is 0 Å². The van der Waals surface area contributed by atoms with Gasteiger partial charge in [-0.2, -0.15) is 4.57 Å². The predicted octanol–water partition coefficient (Wildman–Crippen LogP) is -0.773. The lowest BCUT2D eigenvalue weighted by Gasteiger charge is -2.35. The van der Waals surface area contributed by atoms with Crippen molar-refractivity contribution in [1.29, 1.82) is 0 Å². The van der Waals surface area contributed by atoms with Crippen LogP contribution in [0, 0.1) is 6.92 Å². The molecule has 0 radical (unpaired) electrons. The van der Waals surface area contributed by atoms with Crippen LogP contribution in [-0.2, 0) is 16.1 Å². The molecule has 0 amide bonds. The van der Waals surface area contributed by atoms with Crippen LogP contribution in [0.25, 0.3) is 0 Å². The molecule has 168 valence electrons. The van der Waals surface area contributed by atoms with E-state index in [1.54, 1.807) is 0 Å². The van der Waals surface area contributed by atoms with Crippen molar-refractivity contribution in [3.8, 4) is 0 Å². The number of halogens is 1. The van der Waals surface area contributed by atoms with E-state index in [2.05, 4.69) is 110 Å². The highest BCUT2D eigenvalue weighted by molar-refractivity contribution is 7.20. The lowest BCUT2D eigenvalue weighted by atomic mass is 10.3. The van der Waals surface area contributed by atoms with Crippen LogP contribution in [0.5, 0.6) is 0 Å². The number of rotatable bonds is 7. The summed E-state index contributed by atoms with van der Waals surface area (Å²) in [5.41, 5.74) is 1.17. The van der Waals surface area contributed by atoms with Gasteiger partial charge in [0, 0.05) is 11.6 Å². The number of ether oxygens (including phenoxy) is 1. The Balaban J connectivity index is 0.00000306. The molecule has 4 aromatic rings. The summed E-state index contributed by atoms with van der Waals surface area (Å²) in [6.45, 7) is 4.58. The Hall–Kier alpha value is -3.02. The van der Waals surface area contributed by atoms with Crippen molar-refractivity contribution < 1.29 is 31.1 Å². The molecule has 33 heavy (non-hydrogen) atoms. The van der Waals surface area contributed by atoms with E-state index >= 15 is 0 Å². The normalized spacial score (nSPS) is 10.8. The highest BCUT2D eigenvalue weighted by atomic mass is 79.9. The molecule has 1 heterocycles. The lowest BCUT2D eigenvalue weighted by molar-refractivity contribution is -0.686. The third-order valence-corrected chi connectivity index (χ3v) is 10.8. The average molecular weight is 519 g/mol. The van der Waals surface area contributed by atoms with Gasteiger partial charge >= 0.3 is 5.97 Å². The summed E-state index contributed by atoms with van der Waals surface area (Å²) in [4.78, 5) is 12.0. The summed E-state index contributed by atoms with van der Waals surface area (Å²) in [5.74, 6) is -0.220. The number of carbonyl (C=O) groups is 1. The topological polar surface area (TPSA) is 30.2 Å². The van der Waals surface area contributed by atoms with Crippen LogP contribution >= 0.6 is 0 Å². The predicted molar refractivity (Wildman–Crippen MR) is 132 cm³/mol. The zero-order valence-electron chi connectivity index (χ0n) is 18.9. The smallest absolute Gasteiger partial charge is 0.372 e. The molecule has 0 aliphatic carbocycles. The number of aromatic nitrogens is 1. The van der Waals surface area contributed by atoms with Gasteiger partial charge in [0.05, 0.1) is 6.61 Å². The standard InChI is InChI=1S/C28H28NO2Si.BrH/c1-3-31-28(30)22-29-20-19-27(23(2)21-29)32(24-13-7-4-8-14-24,25-15-9-5-10-16-25)26-17-11-6-12-18-26;/h4-21H,3,22H2,1-2H3;1H/q+1;/p-1. The molecule has 0 fully saturated rings. The molecule has 1 aromatic heterocycles. The molecular weight excluding hydrogens is 490 g/mol. The Morgan fingerprint density at radius 1 is 0.788 bits per heavy atom. The van der Waals surface area contributed by atoms with E-state index in [0.717, 1.165) is 0 Å². The number of hydrogen-bond acceptors (Lipinski definition) is 2. The fourth-order valence-corrected chi connectivity index (χ4v) is 9.56. The zero-order chi connectivity index (χ0) is 22.4. The van der Waals surface area contributed by atoms with Crippen LogP contribution < -0.4 is 42.3 Å². The van der Waals surface area contributed by atoms with Crippen molar-refractivity contribution in [2.75, 3.05) is 6.61 Å². The first-order valence-corrected chi connectivity index (χ1v) is 13.0. The van der Waals surface area contributed by atoms with Gasteiger partial charge in [0.1, 0.15) is 0 Å². The number of hydrogen-bond donors (Lipinski definition) is 0. The number of esters is 1. The second-order valence-electron chi connectivity index (χ2n) is 7.87. The SMILES string of the molecule is CCOC(=O)C[n+]1ccc([Si](c2ccccc2)(c2ccccc2)c2ccccc2)c(C)c1.[Br-]. The molecule has 0 aliphatic heterocycles. The van der Waals surface area contributed by atoms with Crippen LogP contribution in [0.4, 0.5) is 0 Å². The second kappa shape index (κ2) is 11.2. The number of benzene rings is 3. The third-order valence-electron chi connectivity index (χ3n) is 5.86. The fourth-order valence-electron chi connectivity index (χ4n) is 4.57. The van der Waals surface area contributed by atoms with Gasteiger partial charge in [-0.05, 0) is 34.6 Å². The number of carbonyl (C=O) groups excluding carboxylic acids is 1. The molecule has 0 atom stereocenters. The van der Waals surface area contributed by atoms with E-state index in [1.165, 1.54) is 26.3 Å². The number of aryl methyl sites for hydroxylation is 1. The summed E-state index contributed by atoms with van der Waals surface area (Å²) >= 11 is 0. The molecular formula is C28H28BrNO2Si. The van der Waals surface area contributed by atoms with Crippen LogP contribution in [-0.4, -0.2) is 20.7 Å². The largest absolute Gasteiger partial charge is 1.00 e. The van der Waals surface area contributed by atoms with E-state index < -0.39 is 8.07 Å². The molecule has 0 spiro atoms. The number of nitrogens with zero attached hydrogens (tertiary/aromatic N) is 1. The Morgan fingerprint density at radius 2 is 1.24 bits per heavy atom. The molecule has 0 bridgehead atoms. The Kier molecular flexibility index (Phi) is 8.36. The van der Waals surface area contributed by atoms with Crippen LogP contribution in [0.1, 0.15) is 12.5 Å². The maximum Gasteiger partial charge on any atom is 0.372 e. The molecule has 3 nitrogen and oxygen atoms in total. The van der Waals surface area contributed by atoms with E-state index in [0.29, 0.717) is 6.61 Å². The first-order chi connectivity index (χ1) is 15.7. The van der Waals surface area contributed by atoms with E-state index in [9.17, 15) is 4.79 Å². The minimum absolute atomic E-state index is 0. The summed E-state index contributed by atoms with van der Waals surface area (Å²) in [7, 11) is -2.55. The van der Waals surface area contributed by atoms with Crippen LogP contribution in [0.15, 0.2) is 109 Å². The van der Waals surface area contributed by atoms with Gasteiger partial charge in [0.25, 0.3) is 0 Å². The highest BCUT2D eigenvalue weighted by Crippen LogP contribution is 2.10. The molecule has 5 heteroatoms. The third kappa shape index (κ3) is 4.99. The summed E-state index contributed by atoms with van der Waals surface area (Å²) in [6, 6.07) is 34.7.